The van der Waals surface area contributed by atoms with Gasteiger partial charge in [0.1, 0.15) is 0 Å². The molecule has 0 N–H and O–H groups in total. The van der Waals surface area contributed by atoms with Gasteiger partial charge in [-0.1, -0.05) is 26.0 Å². The van der Waals surface area contributed by atoms with Crippen molar-refractivity contribution in [2.45, 2.75) is 47.0 Å². The zero-order chi connectivity index (χ0) is 13.0. The van der Waals surface area contributed by atoms with Crippen molar-refractivity contribution in [1.29, 1.82) is 0 Å². The highest BCUT2D eigenvalue weighted by Crippen LogP contribution is 2.27. The van der Waals surface area contributed by atoms with Crippen LogP contribution in [0.3, 0.4) is 0 Å². The van der Waals surface area contributed by atoms with Crippen LogP contribution in [0.2, 0.25) is 0 Å². The Kier molecular flexibility index (Phi) is 4.68. The summed E-state index contributed by atoms with van der Waals surface area (Å²) in [4.78, 5) is 3.75. The summed E-state index contributed by atoms with van der Waals surface area (Å²) >= 11 is 0. The fourth-order valence-corrected chi connectivity index (χ4v) is 2.33. The van der Waals surface area contributed by atoms with Gasteiger partial charge >= 0.3 is 0 Å². The van der Waals surface area contributed by atoms with E-state index in [1.165, 1.54) is 27.8 Å². The second-order valence-corrected chi connectivity index (χ2v) is 4.94. The quantitative estimate of drug-likeness (QED) is 0.674. The largest absolute Gasteiger partial charge is 0.273 e. The number of benzene rings is 1. The molecule has 92 valence electrons. The van der Waals surface area contributed by atoms with Crippen molar-refractivity contribution in [3.05, 3.63) is 46.2 Å². The molecule has 0 aromatic heterocycles. The van der Waals surface area contributed by atoms with Crippen LogP contribution in [0.15, 0.2) is 23.3 Å². The molecule has 0 unspecified atom stereocenters. The third-order valence-electron chi connectivity index (χ3n) is 3.45. The number of rotatable bonds is 4. The van der Waals surface area contributed by atoms with Gasteiger partial charge < -0.3 is 0 Å². The zero-order valence-corrected chi connectivity index (χ0v) is 11.7. The van der Waals surface area contributed by atoms with E-state index in [9.17, 15) is 0 Å². The van der Waals surface area contributed by atoms with Crippen LogP contribution in [0, 0.1) is 20.8 Å². The minimum atomic E-state index is 0.590. The van der Waals surface area contributed by atoms with Crippen LogP contribution in [-0.2, 0) is 6.42 Å². The van der Waals surface area contributed by atoms with Crippen LogP contribution in [0.1, 0.15) is 47.6 Å². The second kappa shape index (κ2) is 5.81. The molecule has 1 aromatic carbocycles. The van der Waals surface area contributed by atoms with E-state index in [1.54, 1.807) is 6.20 Å². The number of allylic oxidation sites excluding steroid dienone is 1. The van der Waals surface area contributed by atoms with Crippen molar-refractivity contribution in [2.75, 3.05) is 0 Å². The van der Waals surface area contributed by atoms with E-state index in [-0.39, 0.29) is 0 Å². The summed E-state index contributed by atoms with van der Waals surface area (Å²) in [5.74, 6) is 0.590. The molecule has 0 aliphatic rings. The van der Waals surface area contributed by atoms with Gasteiger partial charge in [-0.15, -0.1) is 0 Å². The first kappa shape index (κ1) is 13.7. The molecule has 0 radical (unpaired) electrons. The van der Waals surface area contributed by atoms with E-state index in [1.807, 2.05) is 0 Å². The van der Waals surface area contributed by atoms with Gasteiger partial charge in [0, 0.05) is 6.20 Å². The maximum atomic E-state index is 3.75. The molecule has 0 amide bonds. The number of hydrogen-bond acceptors (Lipinski definition) is 1. The summed E-state index contributed by atoms with van der Waals surface area (Å²) in [6.07, 6.45) is 4.78. The van der Waals surface area contributed by atoms with Crippen LogP contribution in [0.5, 0.6) is 0 Å². The Bertz CT molecular complexity index is 439. The summed E-state index contributed by atoms with van der Waals surface area (Å²) in [7, 11) is 0. The maximum Gasteiger partial charge on any atom is 0.0223 e. The third kappa shape index (κ3) is 3.06. The highest BCUT2D eigenvalue weighted by atomic mass is 14.6. The standard InChI is InChI=1S/C16H23N/c1-11(2)16-10-12(3)15(8-7-9-17-6)13(4)14(16)5/h7,9-11H,6,8H2,1-5H3/b9-7-. The SMILES string of the molecule is C=N/C=C\Cc1c(C)cc(C(C)C)c(C)c1C. The lowest BCUT2D eigenvalue weighted by Crippen LogP contribution is -2.01. The molecule has 0 bridgehead atoms. The van der Waals surface area contributed by atoms with Gasteiger partial charge in [-0.2, -0.15) is 0 Å². The minimum Gasteiger partial charge on any atom is -0.273 e. The number of hydrogen-bond donors (Lipinski definition) is 0. The Labute approximate surface area is 105 Å². The van der Waals surface area contributed by atoms with E-state index in [4.69, 9.17) is 0 Å². The van der Waals surface area contributed by atoms with Crippen LogP contribution < -0.4 is 0 Å². The zero-order valence-electron chi connectivity index (χ0n) is 11.7. The predicted molar refractivity (Wildman–Crippen MR) is 77.1 cm³/mol. The van der Waals surface area contributed by atoms with Gasteiger partial charge in [0.2, 0.25) is 0 Å². The highest BCUT2D eigenvalue weighted by molar-refractivity contribution is 5.46. The van der Waals surface area contributed by atoms with E-state index in [0.717, 1.165) is 6.42 Å². The fourth-order valence-electron chi connectivity index (χ4n) is 2.33. The summed E-state index contributed by atoms with van der Waals surface area (Å²) in [5, 5.41) is 0. The van der Waals surface area contributed by atoms with Gasteiger partial charge in [0.05, 0.1) is 0 Å². The Balaban J connectivity index is 3.20. The summed E-state index contributed by atoms with van der Waals surface area (Å²) in [5.41, 5.74) is 7.12. The van der Waals surface area contributed by atoms with E-state index < -0.39 is 0 Å². The Morgan fingerprint density at radius 1 is 1.24 bits per heavy atom. The van der Waals surface area contributed by atoms with Gasteiger partial charge in [0.15, 0.2) is 0 Å². The molecule has 0 saturated heterocycles. The topological polar surface area (TPSA) is 12.4 Å². The first-order valence-corrected chi connectivity index (χ1v) is 6.19. The van der Waals surface area contributed by atoms with Gasteiger partial charge in [-0.05, 0) is 67.6 Å². The fraction of sp³-hybridized carbons (Fsp3) is 0.438. The van der Waals surface area contributed by atoms with Gasteiger partial charge in [-0.25, -0.2) is 0 Å². The molecule has 1 aromatic rings. The Morgan fingerprint density at radius 2 is 1.88 bits per heavy atom. The summed E-state index contributed by atoms with van der Waals surface area (Å²) < 4.78 is 0. The molecule has 0 aliphatic heterocycles. The smallest absolute Gasteiger partial charge is 0.0223 e. The van der Waals surface area contributed by atoms with Crippen LogP contribution in [0.25, 0.3) is 0 Å². The average molecular weight is 229 g/mol. The molecular weight excluding hydrogens is 206 g/mol. The van der Waals surface area contributed by atoms with Crippen LogP contribution in [0.4, 0.5) is 0 Å². The van der Waals surface area contributed by atoms with Crippen molar-refractivity contribution < 1.29 is 0 Å². The van der Waals surface area contributed by atoms with E-state index in [0.29, 0.717) is 5.92 Å². The molecule has 0 atom stereocenters. The number of aryl methyl sites for hydroxylation is 1. The molecule has 0 heterocycles. The molecule has 0 aliphatic carbocycles. The molecule has 1 heteroatoms. The molecule has 1 rings (SSSR count). The Morgan fingerprint density at radius 3 is 2.41 bits per heavy atom. The van der Waals surface area contributed by atoms with E-state index in [2.05, 4.69) is 58.5 Å². The molecule has 17 heavy (non-hydrogen) atoms. The first-order chi connectivity index (χ1) is 7.99. The van der Waals surface area contributed by atoms with Crippen LogP contribution in [-0.4, -0.2) is 6.72 Å². The number of nitrogens with zero attached hydrogens (tertiary/aromatic N) is 1. The second-order valence-electron chi connectivity index (χ2n) is 4.94. The normalized spacial score (nSPS) is 11.4. The lowest BCUT2D eigenvalue weighted by atomic mass is 9.88. The molecule has 0 fully saturated rings. The lowest BCUT2D eigenvalue weighted by Gasteiger charge is -2.18. The molecule has 0 saturated carbocycles. The van der Waals surface area contributed by atoms with Crippen molar-refractivity contribution >= 4 is 6.72 Å². The third-order valence-corrected chi connectivity index (χ3v) is 3.45. The van der Waals surface area contributed by atoms with Crippen LogP contribution >= 0.6 is 0 Å². The molecule has 1 nitrogen and oxygen atoms in total. The van der Waals surface area contributed by atoms with Gasteiger partial charge in [0.25, 0.3) is 0 Å². The lowest BCUT2D eigenvalue weighted by molar-refractivity contribution is 0.848. The maximum absolute atomic E-state index is 3.75. The summed E-state index contributed by atoms with van der Waals surface area (Å²) in [6, 6.07) is 2.33. The predicted octanol–water partition coefficient (Wildman–Crippen LogP) is 4.49. The van der Waals surface area contributed by atoms with Crippen molar-refractivity contribution in [3.8, 4) is 0 Å². The summed E-state index contributed by atoms with van der Waals surface area (Å²) in [6.45, 7) is 14.6. The minimum absolute atomic E-state index is 0.590. The highest BCUT2D eigenvalue weighted by Gasteiger charge is 2.11. The number of aliphatic imine (C=N–C) groups is 1. The van der Waals surface area contributed by atoms with Crippen molar-refractivity contribution in [3.63, 3.8) is 0 Å². The van der Waals surface area contributed by atoms with E-state index >= 15 is 0 Å². The monoisotopic (exact) mass is 229 g/mol. The Hall–Kier alpha value is -1.37. The first-order valence-electron chi connectivity index (χ1n) is 6.19. The van der Waals surface area contributed by atoms with Crippen molar-refractivity contribution in [2.24, 2.45) is 4.99 Å². The van der Waals surface area contributed by atoms with Crippen molar-refractivity contribution in [1.82, 2.24) is 0 Å². The molecule has 0 spiro atoms. The average Bonchev–Trinajstić information content (AvgIpc) is 2.28. The van der Waals surface area contributed by atoms with Gasteiger partial charge in [-0.3, -0.25) is 4.99 Å². The molecular formula is C16H23N.